The smallest absolute Gasteiger partial charge is 0.220 e. The van der Waals surface area contributed by atoms with E-state index in [2.05, 4.69) is 31.3 Å². The first-order chi connectivity index (χ1) is 39.8. The van der Waals surface area contributed by atoms with Crippen LogP contribution < -0.4 is 5.32 Å². The fraction of sp³-hybridized carbons (Fsp3) is 0.921. The third-order valence-electron chi connectivity index (χ3n) is 16.5. The molecule has 3 fully saturated rings. The number of allylic oxidation sites excluding steroid dienone is 3. The molecule has 482 valence electrons. The summed E-state index contributed by atoms with van der Waals surface area (Å²) < 4.78 is 34.3. The minimum Gasteiger partial charge on any atom is -0.394 e. The molecule has 17 atom stereocenters. The highest BCUT2D eigenvalue weighted by molar-refractivity contribution is 5.76. The predicted molar refractivity (Wildman–Crippen MR) is 314 cm³/mol. The molecule has 3 rings (SSSR count). The lowest BCUT2D eigenvalue weighted by atomic mass is 9.96. The van der Waals surface area contributed by atoms with Crippen molar-refractivity contribution in [1.29, 1.82) is 0 Å². The van der Waals surface area contributed by atoms with Crippen LogP contribution in [0.1, 0.15) is 239 Å². The second-order valence-electron chi connectivity index (χ2n) is 23.6. The molecule has 19 heteroatoms. The quantitative estimate of drug-likeness (QED) is 0.0213. The molecule has 3 aliphatic rings. The van der Waals surface area contributed by atoms with E-state index >= 15 is 0 Å². The lowest BCUT2D eigenvalue weighted by Gasteiger charge is -2.48. The van der Waals surface area contributed by atoms with Gasteiger partial charge >= 0.3 is 0 Å². The Morgan fingerprint density at radius 2 is 0.780 bits per heavy atom. The van der Waals surface area contributed by atoms with Crippen LogP contribution in [-0.4, -0.2) is 193 Å². The molecule has 0 aromatic rings. The molecule has 0 radical (unpaired) electrons. The highest BCUT2D eigenvalue weighted by atomic mass is 16.8. The summed E-state index contributed by atoms with van der Waals surface area (Å²) in [5, 5.41) is 120. The van der Waals surface area contributed by atoms with Gasteiger partial charge in [0.2, 0.25) is 5.91 Å². The highest BCUT2D eigenvalue weighted by Gasteiger charge is 2.53. The zero-order chi connectivity index (χ0) is 59.7. The summed E-state index contributed by atoms with van der Waals surface area (Å²) in [6, 6.07) is -0.985. The van der Waals surface area contributed by atoms with E-state index in [1.807, 2.05) is 6.08 Å². The Morgan fingerprint density at radius 3 is 1.22 bits per heavy atom. The molecule has 1 amide bonds. The van der Waals surface area contributed by atoms with Gasteiger partial charge in [-0.2, -0.15) is 0 Å². The molecular weight excluding hydrogens is 1060 g/mol. The van der Waals surface area contributed by atoms with Gasteiger partial charge in [-0.15, -0.1) is 0 Å². The van der Waals surface area contributed by atoms with Crippen LogP contribution in [0.15, 0.2) is 24.3 Å². The fourth-order valence-electron chi connectivity index (χ4n) is 11.1. The van der Waals surface area contributed by atoms with Crippen molar-refractivity contribution < 1.29 is 89.4 Å². The van der Waals surface area contributed by atoms with Crippen molar-refractivity contribution in [3.8, 4) is 0 Å². The number of ether oxygens (including phenoxy) is 6. The number of amides is 1. The number of nitrogens with one attached hydrogen (secondary N) is 1. The second-order valence-corrected chi connectivity index (χ2v) is 23.6. The van der Waals surface area contributed by atoms with E-state index in [4.69, 9.17) is 28.4 Å². The fourth-order valence-corrected chi connectivity index (χ4v) is 11.1. The average Bonchev–Trinajstić information content (AvgIpc) is 3.26. The van der Waals surface area contributed by atoms with Gasteiger partial charge in [0.1, 0.15) is 73.2 Å². The van der Waals surface area contributed by atoms with Gasteiger partial charge < -0.3 is 89.9 Å². The lowest BCUT2D eigenvalue weighted by Crippen LogP contribution is -2.66. The van der Waals surface area contributed by atoms with Crippen LogP contribution in [0, 0.1) is 0 Å². The Balaban J connectivity index is 1.46. The van der Waals surface area contributed by atoms with Crippen LogP contribution in [0.2, 0.25) is 0 Å². The van der Waals surface area contributed by atoms with Gasteiger partial charge in [0.25, 0.3) is 0 Å². The summed E-state index contributed by atoms with van der Waals surface area (Å²) in [4.78, 5) is 13.4. The van der Waals surface area contributed by atoms with Gasteiger partial charge in [0, 0.05) is 6.42 Å². The summed E-state index contributed by atoms with van der Waals surface area (Å²) in [6.45, 7) is 1.72. The molecule has 0 bridgehead atoms. The van der Waals surface area contributed by atoms with Gasteiger partial charge in [0.15, 0.2) is 18.9 Å². The lowest BCUT2D eigenvalue weighted by molar-refractivity contribution is -0.379. The molecule has 82 heavy (non-hydrogen) atoms. The van der Waals surface area contributed by atoms with Crippen molar-refractivity contribution >= 4 is 5.91 Å². The highest BCUT2D eigenvalue weighted by Crippen LogP contribution is 2.33. The minimum atomic E-state index is -1.98. The number of carbonyl (C=O) groups excluding carboxylic acids is 1. The summed E-state index contributed by atoms with van der Waals surface area (Å²) in [7, 11) is 0. The van der Waals surface area contributed by atoms with E-state index in [-0.39, 0.29) is 18.9 Å². The standard InChI is InChI=1S/C63H117NO18/c1-3-5-7-9-11-13-15-17-19-20-21-22-23-24-25-27-29-31-33-35-37-39-41-51(69)64-46(47(68)40-38-36-34-32-30-28-26-18-16-14-12-10-8-6-4-2)45-77-61-57(75)54(72)59(49(43-66)79-61)82-63-58(76)55(73)60(50(44-67)80-63)81-62-56(74)53(71)52(70)48(42-65)78-62/h30,32,38,40,46-50,52-63,65-68,70-76H,3-29,31,33-37,39,41-45H2,1-2H3,(H,64,69)/b32-30+,40-38+. The van der Waals surface area contributed by atoms with Crippen LogP contribution in [0.3, 0.4) is 0 Å². The maximum absolute atomic E-state index is 13.4. The maximum atomic E-state index is 13.4. The average molecular weight is 1180 g/mol. The first kappa shape index (κ1) is 74.5. The van der Waals surface area contributed by atoms with Gasteiger partial charge in [-0.1, -0.05) is 224 Å². The number of unbranched alkanes of at least 4 members (excludes halogenated alkanes) is 31. The predicted octanol–water partition coefficient (Wildman–Crippen LogP) is 7.10. The number of aliphatic hydroxyl groups is 11. The van der Waals surface area contributed by atoms with E-state index in [9.17, 15) is 61.0 Å². The molecule has 0 aromatic heterocycles. The second kappa shape index (κ2) is 46.4. The Bertz CT molecular complexity index is 1590. The topological polar surface area (TPSA) is 307 Å². The number of carbonyl (C=O) groups is 1. The zero-order valence-electron chi connectivity index (χ0n) is 50.5. The zero-order valence-corrected chi connectivity index (χ0v) is 50.5. The Morgan fingerprint density at radius 1 is 0.427 bits per heavy atom. The molecule has 3 saturated heterocycles. The van der Waals surface area contributed by atoms with Gasteiger partial charge in [-0.3, -0.25) is 4.79 Å². The third kappa shape index (κ3) is 29.3. The molecule has 0 aliphatic carbocycles. The number of hydrogen-bond donors (Lipinski definition) is 12. The number of rotatable bonds is 49. The van der Waals surface area contributed by atoms with Crippen molar-refractivity contribution in [3.05, 3.63) is 24.3 Å². The van der Waals surface area contributed by atoms with Crippen molar-refractivity contribution in [2.24, 2.45) is 0 Å². The molecule has 0 aromatic carbocycles. The molecule has 19 nitrogen and oxygen atoms in total. The number of hydrogen-bond acceptors (Lipinski definition) is 18. The summed E-state index contributed by atoms with van der Waals surface area (Å²) in [5.74, 6) is -0.282. The molecule has 3 aliphatic heterocycles. The third-order valence-corrected chi connectivity index (χ3v) is 16.5. The van der Waals surface area contributed by atoms with Crippen molar-refractivity contribution in [2.75, 3.05) is 26.4 Å². The molecular formula is C63H117NO18. The Labute approximate surface area is 492 Å². The molecule has 12 N–H and O–H groups in total. The van der Waals surface area contributed by atoms with Gasteiger partial charge in [-0.05, 0) is 32.1 Å². The first-order valence-electron chi connectivity index (χ1n) is 32.6. The van der Waals surface area contributed by atoms with E-state index in [0.29, 0.717) is 12.8 Å². The summed E-state index contributed by atoms with van der Waals surface area (Å²) in [5.41, 5.74) is 0. The minimum absolute atomic E-state index is 0.240. The maximum Gasteiger partial charge on any atom is 0.220 e. The summed E-state index contributed by atoms with van der Waals surface area (Å²) >= 11 is 0. The van der Waals surface area contributed by atoms with E-state index in [1.165, 1.54) is 167 Å². The molecule has 17 unspecified atom stereocenters. The van der Waals surface area contributed by atoms with Gasteiger partial charge in [-0.25, -0.2) is 0 Å². The van der Waals surface area contributed by atoms with Crippen LogP contribution in [0.25, 0.3) is 0 Å². The van der Waals surface area contributed by atoms with E-state index in [1.54, 1.807) is 6.08 Å². The SMILES string of the molecule is CCCCCCCCCCC/C=C/CC/C=C/C(O)C(COC1OC(CO)C(OC2OC(CO)C(OC3OC(CO)C(O)C(O)C3O)C(O)C2O)C(O)C1O)NC(=O)CCCCCCCCCCCCCCCCCCCCCCCC. The van der Waals surface area contributed by atoms with Crippen LogP contribution in [0.4, 0.5) is 0 Å². The normalized spacial score (nSPS) is 29.7. The first-order valence-corrected chi connectivity index (χ1v) is 32.6. The van der Waals surface area contributed by atoms with E-state index in [0.717, 1.165) is 38.5 Å². The van der Waals surface area contributed by atoms with Crippen molar-refractivity contribution in [1.82, 2.24) is 5.32 Å². The monoisotopic (exact) mass is 1180 g/mol. The molecule has 0 saturated carbocycles. The number of aliphatic hydroxyl groups excluding tert-OH is 11. The van der Waals surface area contributed by atoms with Crippen molar-refractivity contribution in [3.63, 3.8) is 0 Å². The summed E-state index contributed by atoms with van der Waals surface area (Å²) in [6.07, 6.45) is 23.0. The van der Waals surface area contributed by atoms with Crippen LogP contribution in [0.5, 0.6) is 0 Å². The largest absolute Gasteiger partial charge is 0.394 e. The Kier molecular flexibility index (Phi) is 42.2. The van der Waals surface area contributed by atoms with Crippen LogP contribution >= 0.6 is 0 Å². The molecule has 3 heterocycles. The van der Waals surface area contributed by atoms with E-state index < -0.39 is 124 Å². The van der Waals surface area contributed by atoms with Gasteiger partial charge in [0.05, 0.1) is 38.6 Å². The molecule has 0 spiro atoms. The Hall–Kier alpha value is -1.73. The van der Waals surface area contributed by atoms with Crippen LogP contribution in [-0.2, 0) is 33.2 Å². The van der Waals surface area contributed by atoms with Crippen molar-refractivity contribution in [2.45, 2.75) is 343 Å².